The van der Waals surface area contributed by atoms with Gasteiger partial charge in [0.05, 0.1) is 12.1 Å². The number of pyridine rings is 1. The van der Waals surface area contributed by atoms with Crippen molar-refractivity contribution in [2.45, 2.75) is 25.3 Å². The van der Waals surface area contributed by atoms with Gasteiger partial charge in [0.25, 0.3) is 0 Å². The van der Waals surface area contributed by atoms with Crippen molar-refractivity contribution < 1.29 is 4.79 Å². The molecule has 4 rings (SSSR count). The molecule has 7 nitrogen and oxygen atoms in total. The standard InChI is InChI=1S/C19H26N6O/c1-24-13-15(10-23-24)16-11-20-12-17(16)19(26)22-9-14-4-5-21-18(8-14)25-6-2-3-7-25/h4-5,8,10,13,16-17,20H,2-3,6-7,9,11-12H2,1H3,(H,22,26)/t16-,17+/m1/s1. The van der Waals surface area contributed by atoms with Crippen LogP contribution < -0.4 is 15.5 Å². The van der Waals surface area contributed by atoms with Gasteiger partial charge in [0.1, 0.15) is 5.82 Å². The Hall–Kier alpha value is -2.41. The second-order valence-corrected chi connectivity index (χ2v) is 7.25. The molecular formula is C19H26N6O. The topological polar surface area (TPSA) is 75.1 Å². The highest BCUT2D eigenvalue weighted by Gasteiger charge is 2.34. The van der Waals surface area contributed by atoms with Gasteiger partial charge in [-0.25, -0.2) is 4.98 Å². The Labute approximate surface area is 153 Å². The van der Waals surface area contributed by atoms with Gasteiger partial charge in [-0.3, -0.25) is 9.48 Å². The molecule has 2 N–H and O–H groups in total. The van der Waals surface area contributed by atoms with Crippen LogP contribution in [0.4, 0.5) is 5.82 Å². The normalized spacial score (nSPS) is 22.7. The zero-order chi connectivity index (χ0) is 17.9. The van der Waals surface area contributed by atoms with E-state index in [-0.39, 0.29) is 17.7 Å². The number of carbonyl (C=O) groups is 1. The monoisotopic (exact) mass is 354 g/mol. The summed E-state index contributed by atoms with van der Waals surface area (Å²) in [6.45, 7) is 4.21. The van der Waals surface area contributed by atoms with Crippen LogP contribution in [0.25, 0.3) is 0 Å². The molecule has 7 heteroatoms. The predicted octanol–water partition coefficient (Wildman–Crippen LogP) is 1.03. The fourth-order valence-corrected chi connectivity index (χ4v) is 3.95. The zero-order valence-electron chi connectivity index (χ0n) is 15.2. The van der Waals surface area contributed by atoms with Crippen LogP contribution in [0.1, 0.15) is 29.9 Å². The first-order valence-corrected chi connectivity index (χ1v) is 9.37. The van der Waals surface area contributed by atoms with Gasteiger partial charge in [0.2, 0.25) is 5.91 Å². The van der Waals surface area contributed by atoms with Crippen molar-refractivity contribution >= 4 is 11.7 Å². The van der Waals surface area contributed by atoms with E-state index in [2.05, 4.69) is 31.7 Å². The first-order chi connectivity index (χ1) is 12.7. The van der Waals surface area contributed by atoms with E-state index in [1.165, 1.54) is 12.8 Å². The molecule has 0 saturated carbocycles. The fraction of sp³-hybridized carbons (Fsp3) is 0.526. The maximum absolute atomic E-state index is 12.7. The van der Waals surface area contributed by atoms with Crippen molar-refractivity contribution in [2.75, 3.05) is 31.1 Å². The summed E-state index contributed by atoms with van der Waals surface area (Å²) < 4.78 is 1.79. The van der Waals surface area contributed by atoms with E-state index < -0.39 is 0 Å². The highest BCUT2D eigenvalue weighted by Crippen LogP contribution is 2.28. The molecule has 2 aliphatic heterocycles. The molecule has 0 spiro atoms. The molecular weight excluding hydrogens is 328 g/mol. The molecule has 2 atom stereocenters. The Balaban J connectivity index is 1.38. The van der Waals surface area contributed by atoms with Crippen molar-refractivity contribution in [3.05, 3.63) is 41.9 Å². The lowest BCUT2D eigenvalue weighted by Gasteiger charge is -2.18. The van der Waals surface area contributed by atoms with Crippen LogP contribution in [-0.2, 0) is 18.4 Å². The average Bonchev–Trinajstić information content (AvgIpc) is 3.40. The number of aromatic nitrogens is 3. The van der Waals surface area contributed by atoms with Crippen molar-refractivity contribution in [2.24, 2.45) is 13.0 Å². The molecule has 2 aromatic rings. The molecule has 2 aliphatic rings. The predicted molar refractivity (Wildman–Crippen MR) is 99.8 cm³/mol. The minimum Gasteiger partial charge on any atom is -0.357 e. The summed E-state index contributed by atoms with van der Waals surface area (Å²) in [6, 6.07) is 4.07. The van der Waals surface area contributed by atoms with E-state index in [1.54, 1.807) is 4.68 Å². The summed E-state index contributed by atoms with van der Waals surface area (Å²) in [4.78, 5) is 19.5. The first-order valence-electron chi connectivity index (χ1n) is 9.37. The van der Waals surface area contributed by atoms with Gasteiger partial charge in [-0.05, 0) is 36.1 Å². The van der Waals surface area contributed by atoms with Gasteiger partial charge in [0, 0.05) is 58.1 Å². The summed E-state index contributed by atoms with van der Waals surface area (Å²) in [5.41, 5.74) is 2.22. The maximum atomic E-state index is 12.7. The van der Waals surface area contributed by atoms with Crippen molar-refractivity contribution in [1.29, 1.82) is 0 Å². The summed E-state index contributed by atoms with van der Waals surface area (Å²) in [6.07, 6.45) is 8.16. The van der Waals surface area contributed by atoms with Gasteiger partial charge in [0.15, 0.2) is 0 Å². The van der Waals surface area contributed by atoms with Crippen LogP contribution in [0.2, 0.25) is 0 Å². The minimum absolute atomic E-state index is 0.0564. The van der Waals surface area contributed by atoms with E-state index in [4.69, 9.17) is 0 Å². The van der Waals surface area contributed by atoms with Crippen molar-refractivity contribution in [3.63, 3.8) is 0 Å². The van der Waals surface area contributed by atoms with Gasteiger partial charge in [-0.2, -0.15) is 5.10 Å². The summed E-state index contributed by atoms with van der Waals surface area (Å²) >= 11 is 0. The molecule has 0 radical (unpaired) electrons. The Bertz CT molecular complexity index is 767. The first kappa shape index (κ1) is 17.0. The smallest absolute Gasteiger partial charge is 0.225 e. The van der Waals surface area contributed by atoms with Crippen LogP contribution in [0.15, 0.2) is 30.7 Å². The quantitative estimate of drug-likeness (QED) is 0.839. The van der Waals surface area contributed by atoms with Crippen molar-refractivity contribution in [3.8, 4) is 0 Å². The Morgan fingerprint density at radius 2 is 2.19 bits per heavy atom. The van der Waals surface area contributed by atoms with Gasteiger partial charge >= 0.3 is 0 Å². The van der Waals surface area contributed by atoms with E-state index in [1.807, 2.05) is 31.7 Å². The summed E-state index contributed by atoms with van der Waals surface area (Å²) in [5.74, 6) is 1.24. The zero-order valence-corrected chi connectivity index (χ0v) is 15.2. The van der Waals surface area contributed by atoms with Gasteiger partial charge in [-0.15, -0.1) is 0 Å². The van der Waals surface area contributed by atoms with E-state index in [0.717, 1.165) is 36.6 Å². The minimum atomic E-state index is -0.0564. The highest BCUT2D eigenvalue weighted by molar-refractivity contribution is 5.80. The van der Waals surface area contributed by atoms with E-state index >= 15 is 0 Å². The lowest BCUT2D eigenvalue weighted by molar-refractivity contribution is -0.125. The number of carbonyl (C=O) groups excluding carboxylic acids is 1. The summed E-state index contributed by atoms with van der Waals surface area (Å²) in [5, 5.41) is 10.7. The molecule has 0 unspecified atom stereocenters. The fourth-order valence-electron chi connectivity index (χ4n) is 3.95. The molecule has 2 fully saturated rings. The molecule has 2 saturated heterocycles. The van der Waals surface area contributed by atoms with Crippen molar-refractivity contribution in [1.82, 2.24) is 25.4 Å². The largest absolute Gasteiger partial charge is 0.357 e. The van der Waals surface area contributed by atoms with Crippen LogP contribution >= 0.6 is 0 Å². The molecule has 1 amide bonds. The molecule has 138 valence electrons. The summed E-state index contributed by atoms with van der Waals surface area (Å²) in [7, 11) is 1.91. The lowest BCUT2D eigenvalue weighted by atomic mass is 9.90. The molecule has 26 heavy (non-hydrogen) atoms. The number of hydrogen-bond donors (Lipinski definition) is 2. The number of anilines is 1. The Morgan fingerprint density at radius 3 is 2.96 bits per heavy atom. The maximum Gasteiger partial charge on any atom is 0.225 e. The number of aryl methyl sites for hydroxylation is 1. The molecule has 0 bridgehead atoms. The van der Waals surface area contributed by atoms with Crippen LogP contribution in [0.3, 0.4) is 0 Å². The Kier molecular flexibility index (Phi) is 4.88. The van der Waals surface area contributed by atoms with Crippen LogP contribution in [-0.4, -0.2) is 46.9 Å². The molecule has 0 aromatic carbocycles. The van der Waals surface area contributed by atoms with Crippen LogP contribution in [0, 0.1) is 5.92 Å². The average molecular weight is 354 g/mol. The third kappa shape index (κ3) is 3.58. The SMILES string of the molecule is Cn1cc([C@H]2CNC[C@@H]2C(=O)NCc2ccnc(N3CCCC3)c2)cn1. The molecule has 4 heterocycles. The van der Waals surface area contributed by atoms with Gasteiger partial charge in [-0.1, -0.05) is 0 Å². The number of nitrogens with zero attached hydrogens (tertiary/aromatic N) is 4. The van der Waals surface area contributed by atoms with Gasteiger partial charge < -0.3 is 15.5 Å². The third-order valence-electron chi connectivity index (χ3n) is 5.41. The number of nitrogens with one attached hydrogen (secondary N) is 2. The lowest BCUT2D eigenvalue weighted by Crippen LogP contribution is -2.34. The number of amides is 1. The Morgan fingerprint density at radius 1 is 1.35 bits per heavy atom. The second-order valence-electron chi connectivity index (χ2n) is 7.25. The third-order valence-corrected chi connectivity index (χ3v) is 5.41. The second kappa shape index (κ2) is 7.45. The number of hydrogen-bond acceptors (Lipinski definition) is 5. The molecule has 2 aromatic heterocycles. The van der Waals surface area contributed by atoms with Crippen LogP contribution in [0.5, 0.6) is 0 Å². The number of rotatable bonds is 5. The van der Waals surface area contributed by atoms with E-state index in [9.17, 15) is 4.79 Å². The molecule has 0 aliphatic carbocycles. The highest BCUT2D eigenvalue weighted by atomic mass is 16.1. The van der Waals surface area contributed by atoms with E-state index in [0.29, 0.717) is 13.1 Å².